The quantitative estimate of drug-likeness (QED) is 0.517. The largest absolute Gasteiger partial charge is 0.322 e. The molecule has 0 atom stereocenters. The van der Waals surface area contributed by atoms with Crippen LogP contribution < -0.4 is 10.6 Å². The molecule has 0 aliphatic heterocycles. The van der Waals surface area contributed by atoms with Gasteiger partial charge in [0.1, 0.15) is 11.5 Å². The van der Waals surface area contributed by atoms with E-state index in [0.717, 1.165) is 0 Å². The van der Waals surface area contributed by atoms with Gasteiger partial charge in [0, 0.05) is 22.5 Å². The number of nitrogens with one attached hydrogen (secondary N) is 2. The lowest BCUT2D eigenvalue weighted by atomic mass is 10.1. The molecule has 2 N–H and O–H groups in total. The van der Waals surface area contributed by atoms with Crippen molar-refractivity contribution >= 4 is 23.2 Å². The fourth-order valence-electron chi connectivity index (χ4n) is 2.91. The number of halogens is 1. The van der Waals surface area contributed by atoms with E-state index >= 15 is 0 Å². The van der Waals surface area contributed by atoms with Crippen LogP contribution in [0.4, 0.5) is 15.8 Å². The highest BCUT2D eigenvalue weighted by Gasteiger charge is 2.13. The summed E-state index contributed by atoms with van der Waals surface area (Å²) in [4.78, 5) is 24.8. The number of carbonyl (C=O) groups is 2. The number of anilines is 2. The second kappa shape index (κ2) is 8.54. The van der Waals surface area contributed by atoms with E-state index in [4.69, 9.17) is 0 Å². The predicted octanol–water partition coefficient (Wildman–Crippen LogP) is 3.61. The monoisotopic (exact) mass is 416 g/mol. The molecule has 3 aromatic carbocycles. The van der Waals surface area contributed by atoms with Crippen molar-refractivity contribution < 1.29 is 14.0 Å². The molecule has 0 aliphatic rings. The van der Waals surface area contributed by atoms with Gasteiger partial charge in [0.05, 0.1) is 0 Å². The predicted molar refractivity (Wildman–Crippen MR) is 113 cm³/mol. The summed E-state index contributed by atoms with van der Waals surface area (Å²) in [7, 11) is 0. The van der Waals surface area contributed by atoms with Gasteiger partial charge in [0.25, 0.3) is 11.8 Å². The first kappa shape index (κ1) is 19.9. The number of amides is 2. The lowest BCUT2D eigenvalue weighted by Crippen LogP contribution is -2.14. The third-order valence-electron chi connectivity index (χ3n) is 4.50. The van der Waals surface area contributed by atoms with Crippen LogP contribution in [0, 0.1) is 12.7 Å². The number of hydrogen-bond acceptors (Lipinski definition) is 5. The summed E-state index contributed by atoms with van der Waals surface area (Å²) < 4.78 is 15.4. The Bertz CT molecular complexity index is 1240. The number of rotatable bonds is 5. The van der Waals surface area contributed by atoms with Crippen molar-refractivity contribution in [3.63, 3.8) is 0 Å². The number of hydrogen-bond donors (Lipinski definition) is 2. The molecule has 0 radical (unpaired) electrons. The molecule has 1 heterocycles. The van der Waals surface area contributed by atoms with Crippen molar-refractivity contribution in [3.05, 3.63) is 95.6 Å². The van der Waals surface area contributed by atoms with E-state index in [1.807, 2.05) is 6.07 Å². The maximum atomic E-state index is 14.2. The Balaban J connectivity index is 1.46. The van der Waals surface area contributed by atoms with Crippen LogP contribution in [0.15, 0.2) is 72.8 Å². The van der Waals surface area contributed by atoms with Crippen LogP contribution in [0.5, 0.6) is 0 Å². The van der Waals surface area contributed by atoms with Crippen LogP contribution in [0.2, 0.25) is 0 Å². The molecular weight excluding hydrogens is 399 g/mol. The Labute approximate surface area is 176 Å². The van der Waals surface area contributed by atoms with Crippen molar-refractivity contribution in [1.82, 2.24) is 20.2 Å². The molecule has 0 unspecified atom stereocenters. The molecule has 2 amide bonds. The molecule has 0 saturated carbocycles. The first-order chi connectivity index (χ1) is 15.0. The molecule has 8 nitrogen and oxygen atoms in total. The molecule has 4 aromatic rings. The normalized spacial score (nSPS) is 10.5. The molecule has 0 fully saturated rings. The van der Waals surface area contributed by atoms with Crippen LogP contribution in [0.25, 0.3) is 5.69 Å². The standard InChI is InChI=1S/C22H17FN6O2/c1-14-26-27-28-29(14)20-13-18(11-12-19(20)23)25-22(31)16-7-9-17(10-8-16)24-21(30)15-5-3-2-4-6-15/h2-13H,1H3,(H,24,30)(H,25,31). The maximum absolute atomic E-state index is 14.2. The number of tetrazole rings is 1. The van der Waals surface area contributed by atoms with Gasteiger partial charge in [0.15, 0.2) is 5.82 Å². The van der Waals surface area contributed by atoms with E-state index in [1.54, 1.807) is 55.5 Å². The highest BCUT2D eigenvalue weighted by molar-refractivity contribution is 6.06. The van der Waals surface area contributed by atoms with Gasteiger partial charge in [-0.2, -0.15) is 4.68 Å². The number of carbonyl (C=O) groups excluding carboxylic acids is 2. The van der Waals surface area contributed by atoms with Gasteiger partial charge in [-0.3, -0.25) is 9.59 Å². The van der Waals surface area contributed by atoms with Crippen molar-refractivity contribution in [2.24, 2.45) is 0 Å². The van der Waals surface area contributed by atoms with Gasteiger partial charge in [-0.25, -0.2) is 4.39 Å². The third kappa shape index (κ3) is 4.45. The van der Waals surface area contributed by atoms with E-state index in [2.05, 4.69) is 26.2 Å². The van der Waals surface area contributed by atoms with Crippen LogP contribution in [-0.2, 0) is 0 Å². The first-order valence-corrected chi connectivity index (χ1v) is 9.34. The van der Waals surface area contributed by atoms with Gasteiger partial charge >= 0.3 is 0 Å². The second-order valence-corrected chi connectivity index (χ2v) is 6.66. The van der Waals surface area contributed by atoms with Crippen molar-refractivity contribution in [3.8, 4) is 5.69 Å². The van der Waals surface area contributed by atoms with E-state index < -0.39 is 5.82 Å². The van der Waals surface area contributed by atoms with Crippen LogP contribution in [0.1, 0.15) is 26.5 Å². The van der Waals surface area contributed by atoms with E-state index in [9.17, 15) is 14.0 Å². The lowest BCUT2D eigenvalue weighted by Gasteiger charge is -2.10. The van der Waals surface area contributed by atoms with Gasteiger partial charge in [-0.1, -0.05) is 18.2 Å². The molecule has 1 aromatic heterocycles. The molecule has 154 valence electrons. The molecule has 31 heavy (non-hydrogen) atoms. The van der Waals surface area contributed by atoms with E-state index in [1.165, 1.54) is 22.9 Å². The summed E-state index contributed by atoms with van der Waals surface area (Å²) in [5.74, 6) is -0.733. The Morgan fingerprint density at radius 2 is 1.45 bits per heavy atom. The Morgan fingerprint density at radius 3 is 2.10 bits per heavy atom. The van der Waals surface area contributed by atoms with Crippen LogP contribution >= 0.6 is 0 Å². The number of aryl methyl sites for hydroxylation is 1. The van der Waals surface area contributed by atoms with Gasteiger partial charge in [-0.15, -0.1) is 5.10 Å². The average molecular weight is 416 g/mol. The number of aromatic nitrogens is 4. The summed E-state index contributed by atoms with van der Waals surface area (Å²) >= 11 is 0. The third-order valence-corrected chi connectivity index (χ3v) is 4.50. The minimum atomic E-state index is -0.521. The minimum Gasteiger partial charge on any atom is -0.322 e. The number of nitrogens with zero attached hydrogens (tertiary/aromatic N) is 4. The topological polar surface area (TPSA) is 102 Å². The van der Waals surface area contributed by atoms with Crippen LogP contribution in [-0.4, -0.2) is 32.0 Å². The fourth-order valence-corrected chi connectivity index (χ4v) is 2.91. The summed E-state index contributed by atoms with van der Waals surface area (Å²) in [6, 6.07) is 19.4. The summed E-state index contributed by atoms with van der Waals surface area (Å²) in [6.45, 7) is 1.64. The highest BCUT2D eigenvalue weighted by atomic mass is 19.1. The van der Waals surface area contributed by atoms with Crippen LogP contribution in [0.3, 0.4) is 0 Å². The molecule has 0 bridgehead atoms. The maximum Gasteiger partial charge on any atom is 0.255 e. The second-order valence-electron chi connectivity index (χ2n) is 6.66. The smallest absolute Gasteiger partial charge is 0.255 e. The Kier molecular flexibility index (Phi) is 5.48. The fraction of sp³-hybridized carbons (Fsp3) is 0.0455. The Hall–Kier alpha value is -4.40. The zero-order chi connectivity index (χ0) is 21.8. The molecule has 4 rings (SSSR count). The zero-order valence-electron chi connectivity index (χ0n) is 16.4. The first-order valence-electron chi connectivity index (χ1n) is 9.34. The minimum absolute atomic E-state index is 0.124. The zero-order valence-corrected chi connectivity index (χ0v) is 16.4. The number of benzene rings is 3. The van der Waals surface area contributed by atoms with Crippen molar-refractivity contribution in [2.45, 2.75) is 6.92 Å². The summed E-state index contributed by atoms with van der Waals surface area (Å²) in [5.41, 5.74) is 1.98. The lowest BCUT2D eigenvalue weighted by molar-refractivity contribution is 0.102. The van der Waals surface area contributed by atoms with Gasteiger partial charge < -0.3 is 10.6 Å². The van der Waals surface area contributed by atoms with Crippen molar-refractivity contribution in [2.75, 3.05) is 10.6 Å². The molecule has 0 aliphatic carbocycles. The molecule has 9 heteroatoms. The molecule has 0 spiro atoms. The van der Waals surface area contributed by atoms with E-state index in [0.29, 0.717) is 28.3 Å². The summed E-state index contributed by atoms with van der Waals surface area (Å²) in [5, 5.41) is 16.5. The van der Waals surface area contributed by atoms with Crippen molar-refractivity contribution in [1.29, 1.82) is 0 Å². The SMILES string of the molecule is Cc1nnnn1-c1cc(NC(=O)c2ccc(NC(=O)c3ccccc3)cc2)ccc1F. The van der Waals surface area contributed by atoms with Gasteiger partial charge in [-0.05, 0) is 71.9 Å². The Morgan fingerprint density at radius 1 is 0.839 bits per heavy atom. The highest BCUT2D eigenvalue weighted by Crippen LogP contribution is 2.20. The molecular formula is C22H17FN6O2. The summed E-state index contributed by atoms with van der Waals surface area (Å²) in [6.07, 6.45) is 0. The van der Waals surface area contributed by atoms with E-state index in [-0.39, 0.29) is 17.5 Å². The average Bonchev–Trinajstić information content (AvgIpc) is 3.21. The molecule has 0 saturated heterocycles. The van der Waals surface area contributed by atoms with Gasteiger partial charge in [0.2, 0.25) is 0 Å².